The summed E-state index contributed by atoms with van der Waals surface area (Å²) in [5.41, 5.74) is 0. The number of sulfonamides is 1. The molecule has 0 unspecified atom stereocenters. The molecule has 1 aromatic heterocycles. The Labute approximate surface area is 56.9 Å². The topological polar surface area (TPSA) is 95.1 Å². The third kappa shape index (κ3) is 1.15. The van der Waals surface area contributed by atoms with Crippen molar-refractivity contribution in [1.82, 2.24) is 14.9 Å². The van der Waals surface area contributed by atoms with Crippen molar-refractivity contribution in [1.29, 1.82) is 0 Å². The quantitative estimate of drug-likeness (QED) is 0.491. The Balaban J connectivity index is 3.09. The van der Waals surface area contributed by atoms with E-state index in [1.807, 2.05) is 0 Å². The molecule has 0 fully saturated rings. The number of H-pyrrole nitrogens is 1. The lowest BCUT2D eigenvalue weighted by Crippen LogP contribution is -2.19. The van der Waals surface area contributed by atoms with E-state index in [-0.39, 0.29) is 5.03 Å². The predicted octanol–water partition coefficient (Wildman–Crippen LogP) is -0.923. The van der Waals surface area contributed by atoms with Crippen molar-refractivity contribution in [3.63, 3.8) is 0 Å². The van der Waals surface area contributed by atoms with E-state index in [4.69, 9.17) is 5.21 Å². The first-order valence-corrected chi connectivity index (χ1v) is 3.79. The van der Waals surface area contributed by atoms with Crippen molar-refractivity contribution in [2.75, 3.05) is 0 Å². The standard InChI is InChI=1S/C3H5N3O3S/c7-6-10(8,9)3-1-4-2-5-3/h1-2,6-7H,(H,4,5). The van der Waals surface area contributed by atoms with Crippen LogP contribution in [0.15, 0.2) is 17.6 Å². The number of rotatable bonds is 2. The molecule has 0 aliphatic heterocycles. The highest BCUT2D eigenvalue weighted by atomic mass is 32.2. The summed E-state index contributed by atoms with van der Waals surface area (Å²) in [6.07, 6.45) is 2.28. The molecule has 6 nitrogen and oxygen atoms in total. The van der Waals surface area contributed by atoms with Crippen LogP contribution >= 0.6 is 0 Å². The van der Waals surface area contributed by atoms with Gasteiger partial charge in [-0.15, -0.1) is 0 Å². The SMILES string of the molecule is O=S(=O)(NO)c1cnc[nH]1. The van der Waals surface area contributed by atoms with E-state index in [0.717, 1.165) is 11.1 Å². The number of imidazole rings is 1. The highest BCUT2D eigenvalue weighted by Gasteiger charge is 2.12. The van der Waals surface area contributed by atoms with Crippen LogP contribution < -0.4 is 4.89 Å². The molecule has 3 N–H and O–H groups in total. The normalized spacial score (nSPS) is 11.7. The zero-order valence-electron chi connectivity index (χ0n) is 4.77. The van der Waals surface area contributed by atoms with Gasteiger partial charge < -0.3 is 10.2 Å². The predicted molar refractivity (Wildman–Crippen MR) is 30.7 cm³/mol. The van der Waals surface area contributed by atoms with Gasteiger partial charge in [0.15, 0.2) is 5.03 Å². The molecule has 1 aromatic rings. The minimum Gasteiger partial charge on any atom is -0.335 e. The lowest BCUT2D eigenvalue weighted by molar-refractivity contribution is 0.242. The van der Waals surface area contributed by atoms with E-state index < -0.39 is 10.0 Å². The number of aromatic amines is 1. The van der Waals surface area contributed by atoms with Crippen LogP contribution in [0.2, 0.25) is 0 Å². The first-order chi connectivity index (χ1) is 4.67. The molecule has 0 aliphatic rings. The zero-order valence-corrected chi connectivity index (χ0v) is 5.59. The van der Waals surface area contributed by atoms with Gasteiger partial charge >= 0.3 is 0 Å². The van der Waals surface area contributed by atoms with Crippen molar-refractivity contribution in [2.45, 2.75) is 5.03 Å². The zero-order chi connectivity index (χ0) is 7.61. The molecule has 0 saturated carbocycles. The van der Waals surface area contributed by atoms with E-state index >= 15 is 0 Å². The van der Waals surface area contributed by atoms with Crippen molar-refractivity contribution < 1.29 is 13.6 Å². The molecule has 0 saturated heterocycles. The van der Waals surface area contributed by atoms with E-state index in [2.05, 4.69) is 9.97 Å². The Morgan fingerprint density at radius 2 is 2.40 bits per heavy atom. The van der Waals surface area contributed by atoms with Crippen molar-refractivity contribution >= 4 is 10.0 Å². The molecule has 0 bridgehead atoms. The van der Waals surface area contributed by atoms with E-state index in [1.165, 1.54) is 6.33 Å². The average molecular weight is 163 g/mol. The Hall–Kier alpha value is -0.920. The van der Waals surface area contributed by atoms with Gasteiger partial charge in [-0.2, -0.15) is 0 Å². The van der Waals surface area contributed by atoms with E-state index in [1.54, 1.807) is 0 Å². The van der Waals surface area contributed by atoms with Gasteiger partial charge in [-0.3, -0.25) is 0 Å². The number of nitrogens with one attached hydrogen (secondary N) is 2. The molecule has 0 aliphatic carbocycles. The van der Waals surface area contributed by atoms with Crippen LogP contribution in [0.25, 0.3) is 0 Å². The maximum Gasteiger partial charge on any atom is 0.279 e. The van der Waals surface area contributed by atoms with Gasteiger partial charge in [0.1, 0.15) is 0 Å². The molecule has 7 heteroatoms. The largest absolute Gasteiger partial charge is 0.335 e. The van der Waals surface area contributed by atoms with Crippen LogP contribution in [-0.2, 0) is 10.0 Å². The summed E-state index contributed by atoms with van der Waals surface area (Å²) in [5, 5.41) is 7.91. The van der Waals surface area contributed by atoms with Gasteiger partial charge in [-0.05, 0) is 0 Å². The molecule has 1 heterocycles. The number of nitrogens with zero attached hydrogens (tertiary/aromatic N) is 1. The van der Waals surface area contributed by atoms with Crippen molar-refractivity contribution in [3.8, 4) is 0 Å². The number of hydrogen-bond donors (Lipinski definition) is 3. The molecule has 56 valence electrons. The second-order valence-electron chi connectivity index (χ2n) is 1.51. The van der Waals surface area contributed by atoms with Gasteiger partial charge in [0.25, 0.3) is 10.0 Å². The van der Waals surface area contributed by atoms with Gasteiger partial charge in [-0.25, -0.2) is 13.4 Å². The summed E-state index contributed by atoms with van der Waals surface area (Å²) < 4.78 is 21.3. The fourth-order valence-corrected chi connectivity index (χ4v) is 0.945. The Morgan fingerprint density at radius 1 is 1.70 bits per heavy atom. The lowest BCUT2D eigenvalue weighted by atomic mass is 11.0. The first kappa shape index (κ1) is 7.19. The van der Waals surface area contributed by atoms with Crippen LogP contribution in [0.3, 0.4) is 0 Å². The molecule has 0 atom stereocenters. The number of hydrogen-bond acceptors (Lipinski definition) is 4. The Bertz CT molecular complexity index is 289. The summed E-state index contributed by atoms with van der Waals surface area (Å²) in [7, 11) is -3.77. The summed E-state index contributed by atoms with van der Waals surface area (Å²) in [4.78, 5) is 6.90. The lowest BCUT2D eigenvalue weighted by Gasteiger charge is -1.93. The van der Waals surface area contributed by atoms with Crippen LogP contribution in [-0.4, -0.2) is 23.6 Å². The van der Waals surface area contributed by atoms with E-state index in [9.17, 15) is 8.42 Å². The van der Waals surface area contributed by atoms with Gasteiger partial charge in [0.2, 0.25) is 0 Å². The molecular weight excluding hydrogens is 158 g/mol. The van der Waals surface area contributed by atoms with Crippen LogP contribution in [0.1, 0.15) is 0 Å². The summed E-state index contributed by atoms with van der Waals surface area (Å²) in [6, 6.07) is 0. The third-order valence-electron chi connectivity index (χ3n) is 0.883. The molecule has 10 heavy (non-hydrogen) atoms. The fraction of sp³-hybridized carbons (Fsp3) is 0. The van der Waals surface area contributed by atoms with Gasteiger partial charge in [0.05, 0.1) is 12.5 Å². The minimum atomic E-state index is -3.77. The molecule has 0 amide bonds. The molecule has 0 radical (unpaired) electrons. The monoisotopic (exact) mass is 163 g/mol. The van der Waals surface area contributed by atoms with Crippen LogP contribution in [0, 0.1) is 0 Å². The van der Waals surface area contributed by atoms with Crippen LogP contribution in [0.5, 0.6) is 0 Å². The van der Waals surface area contributed by atoms with Crippen LogP contribution in [0.4, 0.5) is 0 Å². The molecule has 0 aromatic carbocycles. The second kappa shape index (κ2) is 2.37. The first-order valence-electron chi connectivity index (χ1n) is 2.31. The highest BCUT2D eigenvalue weighted by Crippen LogP contribution is 1.99. The minimum absolute atomic E-state index is 0.171. The summed E-state index contributed by atoms with van der Waals surface area (Å²) in [6.45, 7) is 0. The molecular formula is C3H5N3O3S. The summed E-state index contributed by atoms with van der Waals surface area (Å²) in [5.74, 6) is 0. The van der Waals surface area contributed by atoms with Gasteiger partial charge in [0, 0.05) is 0 Å². The maximum absolute atomic E-state index is 10.6. The van der Waals surface area contributed by atoms with Crippen molar-refractivity contribution in [3.05, 3.63) is 12.5 Å². The second-order valence-corrected chi connectivity index (χ2v) is 3.14. The van der Waals surface area contributed by atoms with E-state index in [0.29, 0.717) is 0 Å². The van der Waals surface area contributed by atoms with Gasteiger partial charge in [-0.1, -0.05) is 4.89 Å². The molecule has 0 spiro atoms. The van der Waals surface area contributed by atoms with Crippen molar-refractivity contribution in [2.24, 2.45) is 0 Å². The maximum atomic E-state index is 10.6. The molecule has 1 rings (SSSR count). The smallest absolute Gasteiger partial charge is 0.279 e. The fourth-order valence-electron chi connectivity index (χ4n) is 0.439. The number of aromatic nitrogens is 2. The average Bonchev–Trinajstić information content (AvgIpc) is 2.38. The summed E-state index contributed by atoms with van der Waals surface area (Å²) >= 11 is 0. The Morgan fingerprint density at radius 3 is 2.80 bits per heavy atom. The Kier molecular flexibility index (Phi) is 1.70. The third-order valence-corrected chi connectivity index (χ3v) is 1.93. The highest BCUT2D eigenvalue weighted by molar-refractivity contribution is 7.89.